The number of carbonyl (C=O) groups excluding carboxylic acids is 3. The molecule has 0 heterocycles. The second-order valence-corrected chi connectivity index (χ2v) is 7.86. The molecule has 8 nitrogen and oxygen atoms in total. The number of benzene rings is 2. The SMILES string of the molecule is CC(C)C[C@H](NC(=O)OCc1ccccc1)C(=O)N[C@@H](Cc1ccc(C#N)cc1)C(N)=O. The van der Waals surface area contributed by atoms with E-state index in [1.54, 1.807) is 24.3 Å². The molecule has 8 heteroatoms. The molecule has 2 rings (SSSR count). The third kappa shape index (κ3) is 8.11. The molecule has 0 aliphatic heterocycles. The quantitative estimate of drug-likeness (QED) is 0.526. The summed E-state index contributed by atoms with van der Waals surface area (Å²) in [5, 5.41) is 14.1. The third-order valence-electron chi connectivity index (χ3n) is 4.71. The van der Waals surface area contributed by atoms with Gasteiger partial charge in [-0.15, -0.1) is 0 Å². The molecule has 0 saturated carbocycles. The zero-order chi connectivity index (χ0) is 23.5. The summed E-state index contributed by atoms with van der Waals surface area (Å²) in [6.45, 7) is 3.91. The van der Waals surface area contributed by atoms with Crippen molar-refractivity contribution in [2.45, 2.75) is 45.4 Å². The van der Waals surface area contributed by atoms with Gasteiger partial charge in [-0.1, -0.05) is 56.3 Å². The van der Waals surface area contributed by atoms with Crippen molar-refractivity contribution < 1.29 is 19.1 Å². The number of hydrogen-bond acceptors (Lipinski definition) is 5. The Bertz CT molecular complexity index is 952. The van der Waals surface area contributed by atoms with E-state index in [0.717, 1.165) is 11.1 Å². The summed E-state index contributed by atoms with van der Waals surface area (Å²) < 4.78 is 5.21. The lowest BCUT2D eigenvalue weighted by atomic mass is 10.0. The van der Waals surface area contributed by atoms with E-state index in [4.69, 9.17) is 15.7 Å². The number of primary amides is 1. The first-order valence-corrected chi connectivity index (χ1v) is 10.3. The van der Waals surface area contributed by atoms with Crippen LogP contribution in [0, 0.1) is 17.2 Å². The molecule has 0 aliphatic rings. The number of rotatable bonds is 10. The molecule has 168 valence electrons. The number of amides is 3. The summed E-state index contributed by atoms with van der Waals surface area (Å²) in [7, 11) is 0. The zero-order valence-corrected chi connectivity index (χ0v) is 18.2. The number of nitriles is 1. The Balaban J connectivity index is 2.00. The van der Waals surface area contributed by atoms with Gasteiger partial charge in [-0.25, -0.2) is 4.79 Å². The molecule has 3 amide bonds. The summed E-state index contributed by atoms with van der Waals surface area (Å²) in [5.74, 6) is -1.11. The van der Waals surface area contributed by atoms with Crippen LogP contribution in [0.1, 0.15) is 37.0 Å². The molecule has 0 aromatic heterocycles. The first-order chi connectivity index (χ1) is 15.3. The number of nitrogens with zero attached hydrogens (tertiary/aromatic N) is 1. The van der Waals surface area contributed by atoms with E-state index in [2.05, 4.69) is 10.6 Å². The smallest absolute Gasteiger partial charge is 0.408 e. The van der Waals surface area contributed by atoms with Crippen molar-refractivity contribution in [1.29, 1.82) is 5.26 Å². The number of nitrogens with one attached hydrogen (secondary N) is 2. The Hall–Kier alpha value is -3.86. The van der Waals surface area contributed by atoms with Crippen molar-refractivity contribution in [1.82, 2.24) is 10.6 Å². The van der Waals surface area contributed by atoms with Gasteiger partial charge in [-0.05, 0) is 35.6 Å². The molecule has 2 aromatic rings. The minimum Gasteiger partial charge on any atom is -0.445 e. The van der Waals surface area contributed by atoms with Gasteiger partial charge in [-0.3, -0.25) is 9.59 Å². The van der Waals surface area contributed by atoms with E-state index in [-0.39, 0.29) is 18.9 Å². The molecular weight excluding hydrogens is 408 g/mol. The molecule has 2 atom stereocenters. The highest BCUT2D eigenvalue weighted by atomic mass is 16.5. The molecule has 0 saturated heterocycles. The van der Waals surface area contributed by atoms with Gasteiger partial charge in [-0.2, -0.15) is 5.26 Å². The lowest BCUT2D eigenvalue weighted by Gasteiger charge is -2.23. The van der Waals surface area contributed by atoms with Crippen molar-refractivity contribution >= 4 is 17.9 Å². The molecule has 0 aliphatic carbocycles. The Morgan fingerprint density at radius 2 is 1.62 bits per heavy atom. The Morgan fingerprint density at radius 1 is 0.969 bits per heavy atom. The van der Waals surface area contributed by atoms with Crippen LogP contribution in [-0.4, -0.2) is 30.0 Å². The highest BCUT2D eigenvalue weighted by Crippen LogP contribution is 2.09. The molecule has 0 unspecified atom stereocenters. The Labute approximate surface area is 187 Å². The highest BCUT2D eigenvalue weighted by Gasteiger charge is 2.27. The fourth-order valence-electron chi connectivity index (χ4n) is 3.06. The van der Waals surface area contributed by atoms with Crippen LogP contribution in [0.25, 0.3) is 0 Å². The molecule has 32 heavy (non-hydrogen) atoms. The predicted molar refractivity (Wildman–Crippen MR) is 119 cm³/mol. The monoisotopic (exact) mass is 436 g/mol. The number of hydrogen-bond donors (Lipinski definition) is 3. The van der Waals surface area contributed by atoms with Crippen molar-refractivity contribution in [3.63, 3.8) is 0 Å². The summed E-state index contributed by atoms with van der Waals surface area (Å²) in [4.78, 5) is 37.0. The number of alkyl carbamates (subject to hydrolysis) is 1. The van der Waals surface area contributed by atoms with E-state index in [1.807, 2.05) is 50.2 Å². The second-order valence-electron chi connectivity index (χ2n) is 7.86. The van der Waals surface area contributed by atoms with Crippen molar-refractivity contribution in [2.24, 2.45) is 11.7 Å². The number of carbonyl (C=O) groups is 3. The predicted octanol–water partition coefficient (Wildman–Crippen LogP) is 2.41. The lowest BCUT2D eigenvalue weighted by molar-refractivity contribution is -0.128. The number of nitrogens with two attached hydrogens (primary N) is 1. The van der Waals surface area contributed by atoms with Gasteiger partial charge in [0, 0.05) is 6.42 Å². The van der Waals surface area contributed by atoms with Crippen LogP contribution in [-0.2, 0) is 27.4 Å². The zero-order valence-electron chi connectivity index (χ0n) is 18.2. The summed E-state index contributed by atoms with van der Waals surface area (Å²) >= 11 is 0. The van der Waals surface area contributed by atoms with E-state index >= 15 is 0 Å². The largest absolute Gasteiger partial charge is 0.445 e. The second kappa shape index (κ2) is 12.1. The summed E-state index contributed by atoms with van der Waals surface area (Å²) in [5.41, 5.74) is 7.54. The van der Waals surface area contributed by atoms with Gasteiger partial charge in [0.15, 0.2) is 0 Å². The van der Waals surface area contributed by atoms with Gasteiger partial charge >= 0.3 is 6.09 Å². The van der Waals surface area contributed by atoms with Crippen LogP contribution in [0.2, 0.25) is 0 Å². The van der Waals surface area contributed by atoms with Crippen LogP contribution in [0.5, 0.6) is 0 Å². The van der Waals surface area contributed by atoms with Gasteiger partial charge in [0.2, 0.25) is 11.8 Å². The third-order valence-corrected chi connectivity index (χ3v) is 4.71. The van der Waals surface area contributed by atoms with Crippen LogP contribution >= 0.6 is 0 Å². The van der Waals surface area contributed by atoms with Gasteiger partial charge in [0.05, 0.1) is 11.6 Å². The molecule has 2 aromatic carbocycles. The van der Waals surface area contributed by atoms with Crippen molar-refractivity contribution in [3.8, 4) is 6.07 Å². The number of ether oxygens (including phenoxy) is 1. The molecule has 0 bridgehead atoms. The fraction of sp³-hybridized carbons (Fsp3) is 0.333. The van der Waals surface area contributed by atoms with E-state index in [0.29, 0.717) is 12.0 Å². The fourth-order valence-corrected chi connectivity index (χ4v) is 3.06. The maximum atomic E-state index is 12.9. The van der Waals surface area contributed by atoms with E-state index in [9.17, 15) is 14.4 Å². The minimum absolute atomic E-state index is 0.0747. The van der Waals surface area contributed by atoms with Crippen LogP contribution in [0.3, 0.4) is 0 Å². The van der Waals surface area contributed by atoms with E-state index in [1.165, 1.54) is 0 Å². The maximum absolute atomic E-state index is 12.9. The van der Waals surface area contributed by atoms with Crippen molar-refractivity contribution in [2.75, 3.05) is 0 Å². The molecule has 0 fully saturated rings. The van der Waals surface area contributed by atoms with E-state index < -0.39 is 30.0 Å². The molecule has 0 radical (unpaired) electrons. The van der Waals surface area contributed by atoms with Crippen LogP contribution in [0.15, 0.2) is 54.6 Å². The highest BCUT2D eigenvalue weighted by molar-refractivity contribution is 5.90. The molecule has 0 spiro atoms. The first-order valence-electron chi connectivity index (χ1n) is 10.3. The van der Waals surface area contributed by atoms with Crippen LogP contribution in [0.4, 0.5) is 4.79 Å². The van der Waals surface area contributed by atoms with Gasteiger partial charge in [0.25, 0.3) is 0 Å². The Morgan fingerprint density at radius 3 is 2.19 bits per heavy atom. The van der Waals surface area contributed by atoms with Crippen LogP contribution < -0.4 is 16.4 Å². The summed E-state index contributed by atoms with van der Waals surface area (Å²) in [6, 6.07) is 16.0. The topological polar surface area (TPSA) is 134 Å². The first kappa shape index (κ1) is 24.4. The minimum atomic E-state index is -0.966. The maximum Gasteiger partial charge on any atom is 0.408 e. The average molecular weight is 437 g/mol. The molecular formula is C24H28N4O4. The normalized spacial score (nSPS) is 12.3. The average Bonchev–Trinajstić information content (AvgIpc) is 2.77. The van der Waals surface area contributed by atoms with Crippen molar-refractivity contribution in [3.05, 3.63) is 71.3 Å². The van der Waals surface area contributed by atoms with Gasteiger partial charge in [0.1, 0.15) is 18.7 Å². The Kier molecular flexibility index (Phi) is 9.23. The van der Waals surface area contributed by atoms with Gasteiger partial charge < -0.3 is 21.1 Å². The molecule has 4 N–H and O–H groups in total. The summed E-state index contributed by atoms with van der Waals surface area (Å²) in [6.07, 6.45) is -0.203. The standard InChI is InChI=1S/C24H28N4O4/c1-16(2)12-21(28-24(31)32-15-19-6-4-3-5-7-19)23(30)27-20(22(26)29)13-17-8-10-18(14-25)11-9-17/h3-11,16,20-21H,12-13,15H2,1-2H3,(H2,26,29)(H,27,30)(H,28,31)/t20-,21-/m0/s1. The lowest BCUT2D eigenvalue weighted by Crippen LogP contribution is -2.54.